The van der Waals surface area contributed by atoms with Gasteiger partial charge in [-0.05, 0) is 37.0 Å². The number of imidazole rings is 1. The van der Waals surface area contributed by atoms with Crippen molar-refractivity contribution in [2.24, 2.45) is 5.10 Å². The van der Waals surface area contributed by atoms with Crippen molar-refractivity contribution in [3.63, 3.8) is 0 Å². The highest BCUT2D eigenvalue weighted by molar-refractivity contribution is 7.15. The Morgan fingerprint density at radius 3 is 2.81 bits per heavy atom. The lowest BCUT2D eigenvalue weighted by atomic mass is 10.1. The molecule has 1 saturated heterocycles. The summed E-state index contributed by atoms with van der Waals surface area (Å²) in [6, 6.07) is 8.30. The summed E-state index contributed by atoms with van der Waals surface area (Å²) < 4.78 is 1.92. The van der Waals surface area contributed by atoms with Crippen LogP contribution in [0.15, 0.2) is 47.1 Å². The van der Waals surface area contributed by atoms with Crippen molar-refractivity contribution in [2.45, 2.75) is 25.7 Å². The topological polar surface area (TPSA) is 62.0 Å². The molecule has 1 fully saturated rings. The Hall–Kier alpha value is -2.67. The molecule has 0 saturated carbocycles. The minimum Gasteiger partial charge on any atom is -0.372 e. The highest BCUT2D eigenvalue weighted by Crippen LogP contribution is 2.19. The van der Waals surface area contributed by atoms with Crippen LogP contribution >= 0.6 is 11.3 Å². The van der Waals surface area contributed by atoms with Gasteiger partial charge in [0.25, 0.3) is 0 Å². The first kappa shape index (κ1) is 16.8. The van der Waals surface area contributed by atoms with Gasteiger partial charge in [0, 0.05) is 36.6 Å². The van der Waals surface area contributed by atoms with Gasteiger partial charge in [-0.3, -0.25) is 9.20 Å². The molecule has 1 aromatic carbocycles. The van der Waals surface area contributed by atoms with Gasteiger partial charge < -0.3 is 4.90 Å². The zero-order valence-electron chi connectivity index (χ0n) is 14.5. The van der Waals surface area contributed by atoms with Gasteiger partial charge in [0.2, 0.25) is 5.91 Å². The van der Waals surface area contributed by atoms with Crippen molar-refractivity contribution >= 4 is 34.1 Å². The number of aromatic nitrogens is 2. The number of thiazole rings is 1. The molecule has 1 aliphatic rings. The van der Waals surface area contributed by atoms with Crippen LogP contribution in [0.25, 0.3) is 4.96 Å². The van der Waals surface area contributed by atoms with Gasteiger partial charge in [0.15, 0.2) is 4.96 Å². The van der Waals surface area contributed by atoms with Crippen LogP contribution in [0.3, 0.4) is 0 Å². The number of fused-ring (bicyclic) bond motifs is 1. The van der Waals surface area contributed by atoms with E-state index < -0.39 is 0 Å². The van der Waals surface area contributed by atoms with E-state index in [9.17, 15) is 4.79 Å². The summed E-state index contributed by atoms with van der Waals surface area (Å²) in [5.74, 6) is -0.170. The maximum absolute atomic E-state index is 12.0. The molecule has 0 aliphatic carbocycles. The van der Waals surface area contributed by atoms with Crippen LogP contribution in [0.2, 0.25) is 0 Å². The Balaban J connectivity index is 1.29. The highest BCUT2D eigenvalue weighted by atomic mass is 32.1. The average Bonchev–Trinajstić information content (AvgIpc) is 3.24. The number of benzene rings is 1. The highest BCUT2D eigenvalue weighted by Gasteiger charge is 2.10. The second kappa shape index (κ2) is 7.70. The number of piperidine rings is 1. The van der Waals surface area contributed by atoms with Gasteiger partial charge >= 0.3 is 0 Å². The van der Waals surface area contributed by atoms with Crippen LogP contribution in [-0.4, -0.2) is 34.6 Å². The molecule has 4 rings (SSSR count). The molecule has 3 aromatic rings. The fourth-order valence-corrected chi connectivity index (χ4v) is 3.89. The van der Waals surface area contributed by atoms with Crippen molar-refractivity contribution in [3.05, 3.63) is 53.3 Å². The second-order valence-corrected chi connectivity index (χ2v) is 7.31. The van der Waals surface area contributed by atoms with Gasteiger partial charge in [-0.15, -0.1) is 11.3 Å². The van der Waals surface area contributed by atoms with E-state index in [-0.39, 0.29) is 12.3 Å². The second-order valence-electron chi connectivity index (χ2n) is 6.43. The SMILES string of the molecule is O=C(Cc1cn2ccsc2n1)NN=Cc1ccc(N2CCCCC2)cc1. The lowest BCUT2D eigenvalue weighted by molar-refractivity contribution is -0.120. The molecule has 6 nitrogen and oxygen atoms in total. The molecule has 134 valence electrons. The maximum atomic E-state index is 12.0. The van der Waals surface area contributed by atoms with Crippen LogP contribution in [0, 0.1) is 0 Å². The molecule has 1 aliphatic heterocycles. The number of hydrogen-bond donors (Lipinski definition) is 1. The van der Waals surface area contributed by atoms with Crippen LogP contribution < -0.4 is 10.3 Å². The number of nitrogens with one attached hydrogen (secondary N) is 1. The normalized spacial score (nSPS) is 15.0. The first-order chi connectivity index (χ1) is 12.8. The number of hydrogen-bond acceptors (Lipinski definition) is 5. The van der Waals surface area contributed by atoms with Crippen molar-refractivity contribution in [1.82, 2.24) is 14.8 Å². The predicted octanol–water partition coefficient (Wildman–Crippen LogP) is 3.08. The lowest BCUT2D eigenvalue weighted by Crippen LogP contribution is -2.29. The molecule has 2 aromatic heterocycles. The van der Waals surface area contributed by atoms with Gasteiger partial charge in [0.05, 0.1) is 18.3 Å². The average molecular weight is 367 g/mol. The molecule has 7 heteroatoms. The van der Waals surface area contributed by atoms with Crippen molar-refractivity contribution in [2.75, 3.05) is 18.0 Å². The number of nitrogens with zero attached hydrogens (tertiary/aromatic N) is 4. The van der Waals surface area contributed by atoms with Gasteiger partial charge in [-0.2, -0.15) is 5.10 Å². The van der Waals surface area contributed by atoms with Gasteiger partial charge in [0.1, 0.15) is 0 Å². The Bertz CT molecular complexity index is 877. The predicted molar refractivity (Wildman–Crippen MR) is 105 cm³/mol. The first-order valence-corrected chi connectivity index (χ1v) is 9.74. The number of carbonyl (C=O) groups excluding carboxylic acids is 1. The molecule has 1 N–H and O–H groups in total. The standard InChI is InChI=1S/C19H21N5OS/c25-18(12-16-14-24-10-11-26-19(24)21-16)22-20-13-15-4-6-17(7-5-15)23-8-2-1-3-9-23/h4-7,10-11,13-14H,1-3,8-9,12H2,(H,22,25). The fraction of sp³-hybridized carbons (Fsp3) is 0.316. The fourth-order valence-electron chi connectivity index (χ4n) is 3.17. The summed E-state index contributed by atoms with van der Waals surface area (Å²) in [6.07, 6.45) is 9.56. The molecular formula is C19H21N5OS. The molecule has 0 bridgehead atoms. The van der Waals surface area contributed by atoms with Crippen molar-refractivity contribution in [3.8, 4) is 0 Å². The van der Waals surface area contributed by atoms with Crippen molar-refractivity contribution < 1.29 is 4.79 Å². The molecule has 0 spiro atoms. The summed E-state index contributed by atoms with van der Waals surface area (Å²) in [5, 5.41) is 6.02. The van der Waals surface area contributed by atoms with E-state index in [2.05, 4.69) is 32.5 Å². The Kier molecular flexibility index (Phi) is 4.97. The lowest BCUT2D eigenvalue weighted by Gasteiger charge is -2.28. The van der Waals surface area contributed by atoms with Crippen LogP contribution in [0.4, 0.5) is 5.69 Å². The van der Waals surface area contributed by atoms with E-state index >= 15 is 0 Å². The number of amides is 1. The third-order valence-electron chi connectivity index (χ3n) is 4.50. The van der Waals surface area contributed by atoms with E-state index in [0.717, 1.165) is 29.3 Å². The maximum Gasteiger partial charge on any atom is 0.246 e. The third kappa shape index (κ3) is 3.94. The first-order valence-electron chi connectivity index (χ1n) is 8.86. The molecule has 1 amide bonds. The molecule has 26 heavy (non-hydrogen) atoms. The number of hydrazone groups is 1. The zero-order chi connectivity index (χ0) is 17.8. The van der Waals surface area contributed by atoms with Crippen LogP contribution in [-0.2, 0) is 11.2 Å². The van der Waals surface area contributed by atoms with E-state index in [1.54, 1.807) is 17.6 Å². The smallest absolute Gasteiger partial charge is 0.246 e. The zero-order valence-corrected chi connectivity index (χ0v) is 15.3. The molecular weight excluding hydrogens is 346 g/mol. The Morgan fingerprint density at radius 1 is 1.23 bits per heavy atom. The third-order valence-corrected chi connectivity index (χ3v) is 5.27. The monoisotopic (exact) mass is 367 g/mol. The van der Waals surface area contributed by atoms with Crippen LogP contribution in [0.1, 0.15) is 30.5 Å². The van der Waals surface area contributed by atoms with Crippen molar-refractivity contribution in [1.29, 1.82) is 0 Å². The molecule has 0 unspecified atom stereocenters. The Labute approximate surface area is 156 Å². The number of carbonyl (C=O) groups is 1. The molecule has 0 atom stereocenters. The molecule has 0 radical (unpaired) electrons. The largest absolute Gasteiger partial charge is 0.372 e. The minimum absolute atomic E-state index is 0.170. The van der Waals surface area contributed by atoms with Crippen LogP contribution in [0.5, 0.6) is 0 Å². The minimum atomic E-state index is -0.170. The Morgan fingerprint density at radius 2 is 2.04 bits per heavy atom. The molecule has 3 heterocycles. The number of anilines is 1. The summed E-state index contributed by atoms with van der Waals surface area (Å²) >= 11 is 1.55. The van der Waals surface area contributed by atoms with Gasteiger partial charge in [-0.1, -0.05) is 12.1 Å². The number of rotatable bonds is 5. The summed E-state index contributed by atoms with van der Waals surface area (Å²) in [4.78, 5) is 19.7. The van der Waals surface area contributed by atoms with Gasteiger partial charge in [-0.25, -0.2) is 10.4 Å². The van der Waals surface area contributed by atoms with E-state index in [1.807, 2.05) is 34.3 Å². The van der Waals surface area contributed by atoms with E-state index in [4.69, 9.17) is 0 Å². The quantitative estimate of drug-likeness (QED) is 0.557. The van der Waals surface area contributed by atoms with E-state index in [0.29, 0.717) is 0 Å². The summed E-state index contributed by atoms with van der Waals surface area (Å²) in [5.41, 5.74) is 5.54. The van der Waals surface area contributed by atoms with E-state index in [1.165, 1.54) is 24.9 Å². The summed E-state index contributed by atoms with van der Waals surface area (Å²) in [7, 11) is 0. The summed E-state index contributed by atoms with van der Waals surface area (Å²) in [6.45, 7) is 2.27.